The molecule has 0 spiro atoms. The second kappa shape index (κ2) is 8.52. The average molecular weight is 478 g/mol. The van der Waals surface area contributed by atoms with Gasteiger partial charge in [-0.25, -0.2) is 9.37 Å². The normalized spacial score (nSPS) is 27.3. The van der Waals surface area contributed by atoms with Crippen LogP contribution < -0.4 is 10.9 Å². The standard InChI is InChI=1S/C27H28FN3O2S/c28-21-7-5-17(6-8-21)15-31-25(33)22-3-1-2-4-23(22)29-26(31)34-16-24(32)30-27-12-18-9-19(13-27)11-20(10-18)14-27/h1-8,18-20H,9-16H2,(H,30,32). The molecular weight excluding hydrogens is 449 g/mol. The van der Waals surface area contributed by atoms with E-state index in [2.05, 4.69) is 5.32 Å². The molecular formula is C27H28FN3O2S. The number of halogens is 1. The molecule has 0 atom stereocenters. The number of para-hydroxylation sites is 1. The van der Waals surface area contributed by atoms with Crippen LogP contribution in [0.1, 0.15) is 44.1 Å². The zero-order chi connectivity index (χ0) is 23.3. The Morgan fingerprint density at radius 1 is 1.03 bits per heavy atom. The van der Waals surface area contributed by atoms with Crippen LogP contribution in [-0.2, 0) is 11.3 Å². The molecule has 5 nitrogen and oxygen atoms in total. The fraction of sp³-hybridized carbons (Fsp3) is 0.444. The molecule has 2 aromatic carbocycles. The molecule has 1 heterocycles. The van der Waals surface area contributed by atoms with Crippen LogP contribution in [0.4, 0.5) is 4.39 Å². The van der Waals surface area contributed by atoms with Crippen LogP contribution in [-0.4, -0.2) is 26.8 Å². The number of hydrogen-bond donors (Lipinski definition) is 1. The second-order valence-corrected chi connectivity index (χ2v) is 11.4. The number of carbonyl (C=O) groups is 1. The van der Waals surface area contributed by atoms with Gasteiger partial charge in [-0.1, -0.05) is 36.0 Å². The molecule has 7 rings (SSSR count). The van der Waals surface area contributed by atoms with Gasteiger partial charge in [-0.3, -0.25) is 14.2 Å². The number of amides is 1. The average Bonchev–Trinajstić information content (AvgIpc) is 2.80. The topological polar surface area (TPSA) is 64.0 Å². The van der Waals surface area contributed by atoms with Gasteiger partial charge in [-0.2, -0.15) is 0 Å². The predicted octanol–water partition coefficient (Wildman–Crippen LogP) is 4.76. The minimum Gasteiger partial charge on any atom is -0.350 e. The summed E-state index contributed by atoms with van der Waals surface area (Å²) in [5, 5.41) is 4.45. The lowest BCUT2D eigenvalue weighted by Crippen LogP contribution is -2.60. The third-order valence-corrected chi connectivity index (χ3v) is 8.83. The van der Waals surface area contributed by atoms with Crippen molar-refractivity contribution >= 4 is 28.6 Å². The minimum absolute atomic E-state index is 0.0164. The highest BCUT2D eigenvalue weighted by atomic mass is 32.2. The van der Waals surface area contributed by atoms with E-state index >= 15 is 0 Å². The summed E-state index contributed by atoms with van der Waals surface area (Å²) < 4.78 is 15.0. The van der Waals surface area contributed by atoms with Gasteiger partial charge in [-0.15, -0.1) is 0 Å². The van der Waals surface area contributed by atoms with Crippen molar-refractivity contribution in [2.75, 3.05) is 5.75 Å². The minimum atomic E-state index is -0.316. The van der Waals surface area contributed by atoms with Crippen LogP contribution in [0.25, 0.3) is 10.9 Å². The molecule has 1 N–H and O–H groups in total. The summed E-state index contributed by atoms with van der Waals surface area (Å²) in [6.07, 6.45) is 7.33. The maximum Gasteiger partial charge on any atom is 0.262 e. The van der Waals surface area contributed by atoms with Crippen molar-refractivity contribution < 1.29 is 9.18 Å². The number of aromatic nitrogens is 2. The lowest BCUT2D eigenvalue weighted by molar-refractivity contribution is -0.124. The smallest absolute Gasteiger partial charge is 0.262 e. The van der Waals surface area contributed by atoms with Crippen LogP contribution in [0.5, 0.6) is 0 Å². The lowest BCUT2D eigenvalue weighted by Gasteiger charge is -2.56. The molecule has 4 saturated carbocycles. The first-order valence-corrected chi connectivity index (χ1v) is 13.1. The molecule has 0 radical (unpaired) electrons. The Kier molecular flexibility index (Phi) is 5.47. The molecule has 4 fully saturated rings. The van der Waals surface area contributed by atoms with Gasteiger partial charge >= 0.3 is 0 Å². The summed E-state index contributed by atoms with van der Waals surface area (Å²) in [7, 11) is 0. The van der Waals surface area contributed by atoms with Crippen LogP contribution in [0, 0.1) is 23.6 Å². The SMILES string of the molecule is O=C(CSc1nc2ccccc2c(=O)n1Cc1ccc(F)cc1)NC12CC3CC(CC(C3)C1)C2. The van der Waals surface area contributed by atoms with Crippen LogP contribution in [0.2, 0.25) is 0 Å². The van der Waals surface area contributed by atoms with Crippen LogP contribution >= 0.6 is 11.8 Å². The van der Waals surface area contributed by atoms with E-state index in [1.165, 1.54) is 43.2 Å². The third kappa shape index (κ3) is 4.15. The molecule has 1 amide bonds. The van der Waals surface area contributed by atoms with E-state index in [0.29, 0.717) is 16.1 Å². The van der Waals surface area contributed by atoms with Crippen LogP contribution in [0.15, 0.2) is 58.5 Å². The number of nitrogens with zero attached hydrogens (tertiary/aromatic N) is 2. The third-order valence-electron chi connectivity index (χ3n) is 7.86. The highest BCUT2D eigenvalue weighted by Gasteiger charge is 2.51. The quantitative estimate of drug-likeness (QED) is 0.411. The number of nitrogens with one attached hydrogen (secondary N) is 1. The zero-order valence-electron chi connectivity index (χ0n) is 19.0. The number of rotatable bonds is 6. The largest absolute Gasteiger partial charge is 0.350 e. The summed E-state index contributed by atoms with van der Waals surface area (Å²) in [6.45, 7) is 0.274. The summed E-state index contributed by atoms with van der Waals surface area (Å²) in [5.74, 6) is 2.22. The Morgan fingerprint density at radius 3 is 2.35 bits per heavy atom. The zero-order valence-corrected chi connectivity index (χ0v) is 19.8. The maximum absolute atomic E-state index is 13.4. The Hall–Kier alpha value is -2.67. The molecule has 176 valence electrons. The van der Waals surface area contributed by atoms with Gasteiger partial charge in [0.2, 0.25) is 5.91 Å². The van der Waals surface area contributed by atoms with Crippen molar-refractivity contribution in [3.63, 3.8) is 0 Å². The summed E-state index contributed by atoms with van der Waals surface area (Å²) in [5.41, 5.74) is 1.24. The van der Waals surface area contributed by atoms with E-state index in [9.17, 15) is 14.0 Å². The number of fused-ring (bicyclic) bond motifs is 1. The molecule has 0 aliphatic heterocycles. The molecule has 1 aromatic heterocycles. The second-order valence-electron chi connectivity index (χ2n) is 10.5. The highest BCUT2D eigenvalue weighted by molar-refractivity contribution is 7.99. The Balaban J connectivity index is 1.23. The van der Waals surface area contributed by atoms with E-state index in [-0.39, 0.29) is 35.1 Å². The molecule has 3 aromatic rings. The fourth-order valence-electron chi connectivity index (χ4n) is 6.90. The molecule has 4 bridgehead atoms. The first-order chi connectivity index (χ1) is 16.5. The van der Waals surface area contributed by atoms with Gasteiger partial charge < -0.3 is 5.32 Å². The number of thioether (sulfide) groups is 1. The molecule has 0 unspecified atom stereocenters. The summed E-state index contributed by atoms with van der Waals surface area (Å²) in [6, 6.07) is 13.4. The predicted molar refractivity (Wildman–Crippen MR) is 131 cm³/mol. The van der Waals surface area contributed by atoms with E-state index in [1.54, 1.807) is 22.8 Å². The van der Waals surface area contributed by atoms with Crippen molar-refractivity contribution in [3.8, 4) is 0 Å². The monoisotopic (exact) mass is 477 g/mol. The highest BCUT2D eigenvalue weighted by Crippen LogP contribution is 2.55. The van der Waals surface area contributed by atoms with E-state index in [4.69, 9.17) is 4.98 Å². The summed E-state index contributed by atoms with van der Waals surface area (Å²) >= 11 is 1.30. The van der Waals surface area contributed by atoms with Crippen molar-refractivity contribution in [2.24, 2.45) is 17.8 Å². The van der Waals surface area contributed by atoms with Gasteiger partial charge in [0, 0.05) is 5.54 Å². The number of hydrogen-bond acceptors (Lipinski definition) is 4. The Bertz CT molecular complexity index is 1270. The van der Waals surface area contributed by atoms with Crippen molar-refractivity contribution in [2.45, 2.75) is 55.8 Å². The van der Waals surface area contributed by atoms with E-state index in [1.807, 2.05) is 18.2 Å². The lowest BCUT2D eigenvalue weighted by atomic mass is 9.53. The molecule has 34 heavy (non-hydrogen) atoms. The van der Waals surface area contributed by atoms with Gasteiger partial charge in [-0.05, 0) is 86.1 Å². The van der Waals surface area contributed by atoms with E-state index in [0.717, 1.165) is 42.6 Å². The Labute approximate surface area is 202 Å². The maximum atomic E-state index is 13.4. The summed E-state index contributed by atoms with van der Waals surface area (Å²) in [4.78, 5) is 31.1. The van der Waals surface area contributed by atoms with Crippen molar-refractivity contribution in [3.05, 3.63) is 70.3 Å². The van der Waals surface area contributed by atoms with Gasteiger partial charge in [0.1, 0.15) is 5.82 Å². The number of benzene rings is 2. The van der Waals surface area contributed by atoms with Gasteiger partial charge in [0.25, 0.3) is 5.56 Å². The molecule has 7 heteroatoms. The van der Waals surface area contributed by atoms with Crippen molar-refractivity contribution in [1.29, 1.82) is 0 Å². The van der Waals surface area contributed by atoms with Crippen LogP contribution in [0.3, 0.4) is 0 Å². The fourth-order valence-corrected chi connectivity index (χ4v) is 7.69. The first-order valence-electron chi connectivity index (χ1n) is 12.1. The first kappa shape index (κ1) is 21.8. The Morgan fingerprint density at radius 2 is 1.68 bits per heavy atom. The molecule has 4 aliphatic rings. The number of carbonyl (C=O) groups excluding carboxylic acids is 1. The van der Waals surface area contributed by atoms with E-state index < -0.39 is 0 Å². The van der Waals surface area contributed by atoms with Crippen molar-refractivity contribution in [1.82, 2.24) is 14.9 Å². The van der Waals surface area contributed by atoms with Gasteiger partial charge in [0.15, 0.2) is 5.16 Å². The van der Waals surface area contributed by atoms with Gasteiger partial charge in [0.05, 0.1) is 23.2 Å². The molecule has 0 saturated heterocycles. The molecule has 4 aliphatic carbocycles.